The van der Waals surface area contributed by atoms with E-state index in [4.69, 9.17) is 4.43 Å². The minimum Gasteiger partial charge on any atom is -0.542 e. The van der Waals surface area contributed by atoms with Crippen molar-refractivity contribution in [1.82, 2.24) is 4.98 Å². The molecule has 0 aliphatic rings. The van der Waals surface area contributed by atoms with Crippen molar-refractivity contribution < 1.29 is 4.43 Å². The van der Waals surface area contributed by atoms with Gasteiger partial charge >= 0.3 is 0 Å². The van der Waals surface area contributed by atoms with Crippen molar-refractivity contribution in [2.75, 3.05) is 0 Å². The number of aromatic amines is 1. The number of para-hydroxylation sites is 1. The third-order valence-corrected chi connectivity index (χ3v) is 9.19. The van der Waals surface area contributed by atoms with Crippen LogP contribution in [-0.4, -0.2) is 13.3 Å². The first-order valence-corrected chi connectivity index (χ1v) is 11.2. The van der Waals surface area contributed by atoms with Crippen molar-refractivity contribution in [3.8, 4) is 0 Å². The molecule has 0 unspecified atom stereocenters. The highest BCUT2D eigenvalue weighted by Crippen LogP contribution is 2.30. The van der Waals surface area contributed by atoms with E-state index in [0.29, 0.717) is 0 Å². The highest BCUT2D eigenvalue weighted by Gasteiger charge is 2.31. The Hall–Kier alpha value is -1.48. The van der Waals surface area contributed by atoms with Gasteiger partial charge in [0.25, 0.3) is 8.32 Å². The second kappa shape index (κ2) is 7.68. The first-order chi connectivity index (χ1) is 10.7. The fraction of sp³-hybridized carbons (Fsp3) is 0.474. The number of unbranched alkanes of at least 4 members (excludes halogenated alkanes) is 1. The van der Waals surface area contributed by atoms with E-state index < -0.39 is 8.32 Å². The summed E-state index contributed by atoms with van der Waals surface area (Å²) in [6, 6.07) is 14.2. The van der Waals surface area contributed by atoms with Gasteiger partial charge in [-0.1, -0.05) is 52.3 Å². The summed E-state index contributed by atoms with van der Waals surface area (Å²) in [5, 5.41) is 1.25. The molecule has 0 aliphatic heterocycles. The van der Waals surface area contributed by atoms with Gasteiger partial charge in [-0.3, -0.25) is 0 Å². The van der Waals surface area contributed by atoms with Crippen molar-refractivity contribution >= 4 is 25.0 Å². The first-order valence-electron chi connectivity index (χ1n) is 8.65. The second-order valence-corrected chi connectivity index (χ2v) is 10.7. The molecule has 0 spiro atoms. The van der Waals surface area contributed by atoms with Crippen LogP contribution in [0, 0.1) is 0 Å². The van der Waals surface area contributed by atoms with Gasteiger partial charge in [-0.25, -0.2) is 0 Å². The molecular weight excluding hydrogens is 286 g/mol. The fourth-order valence-electron chi connectivity index (χ4n) is 2.89. The summed E-state index contributed by atoms with van der Waals surface area (Å²) in [5.41, 5.74) is 2.31. The largest absolute Gasteiger partial charge is 0.542 e. The Kier molecular flexibility index (Phi) is 5.89. The van der Waals surface area contributed by atoms with Crippen molar-refractivity contribution in [2.45, 2.75) is 58.7 Å². The Morgan fingerprint density at radius 1 is 1.09 bits per heavy atom. The molecule has 1 N–H and O–H groups in total. The Bertz CT molecular complexity index is 584. The molecule has 0 bridgehead atoms. The number of allylic oxidation sites excluding steroid dienone is 1. The normalized spacial score (nSPS) is 12.8. The van der Waals surface area contributed by atoms with E-state index in [1.165, 1.54) is 29.0 Å². The van der Waals surface area contributed by atoms with Crippen LogP contribution in [0.25, 0.3) is 16.7 Å². The summed E-state index contributed by atoms with van der Waals surface area (Å²) in [4.78, 5) is 3.53. The van der Waals surface area contributed by atoms with Crippen LogP contribution < -0.4 is 0 Å². The number of fused-ring (bicyclic) bond motifs is 1. The lowest BCUT2D eigenvalue weighted by molar-refractivity contribution is 0.486. The molecule has 2 nitrogen and oxygen atoms in total. The summed E-state index contributed by atoms with van der Waals surface area (Å²) in [6.45, 7) is 9.05. The van der Waals surface area contributed by atoms with Crippen LogP contribution in [-0.2, 0) is 4.43 Å². The average molecular weight is 316 g/mol. The van der Waals surface area contributed by atoms with Gasteiger partial charge in [0.05, 0.1) is 5.69 Å². The Labute approximate surface area is 135 Å². The molecule has 0 saturated heterocycles. The zero-order valence-electron chi connectivity index (χ0n) is 14.4. The van der Waals surface area contributed by atoms with E-state index in [1.54, 1.807) is 0 Å². The van der Waals surface area contributed by atoms with Gasteiger partial charge in [-0.15, -0.1) is 0 Å². The molecule has 1 aromatic carbocycles. The minimum atomic E-state index is -1.65. The van der Waals surface area contributed by atoms with E-state index in [9.17, 15) is 0 Å². The minimum absolute atomic E-state index is 1.06. The molecule has 1 aromatic heterocycles. The van der Waals surface area contributed by atoms with E-state index in [1.807, 2.05) is 0 Å². The highest BCUT2D eigenvalue weighted by molar-refractivity contribution is 6.74. The molecule has 22 heavy (non-hydrogen) atoms. The van der Waals surface area contributed by atoms with Gasteiger partial charge in [-0.05, 0) is 42.8 Å². The SMILES string of the molecule is CCC/C=C(\O[Si](CC)(CC)CC)c1cc2ccccc2[nH]1. The van der Waals surface area contributed by atoms with Crippen molar-refractivity contribution in [3.05, 3.63) is 42.1 Å². The van der Waals surface area contributed by atoms with Crippen LogP contribution in [0.15, 0.2) is 36.4 Å². The number of hydrogen-bond donors (Lipinski definition) is 1. The summed E-state index contributed by atoms with van der Waals surface area (Å²) in [7, 11) is -1.65. The molecule has 0 radical (unpaired) electrons. The molecule has 3 heteroatoms. The number of H-pyrrole nitrogens is 1. The molecule has 1 heterocycles. The van der Waals surface area contributed by atoms with Gasteiger partial charge in [0.15, 0.2) is 0 Å². The smallest absolute Gasteiger partial charge is 0.250 e. The number of aromatic nitrogens is 1. The van der Waals surface area contributed by atoms with Crippen molar-refractivity contribution in [1.29, 1.82) is 0 Å². The van der Waals surface area contributed by atoms with Gasteiger partial charge in [0.2, 0.25) is 0 Å². The lowest BCUT2D eigenvalue weighted by Gasteiger charge is -2.30. The molecular formula is C19H29NOSi. The van der Waals surface area contributed by atoms with Crippen LogP contribution in [0.3, 0.4) is 0 Å². The van der Waals surface area contributed by atoms with E-state index in [2.05, 4.69) is 69.1 Å². The lowest BCUT2D eigenvalue weighted by Crippen LogP contribution is -2.35. The number of hydrogen-bond acceptors (Lipinski definition) is 1. The monoisotopic (exact) mass is 315 g/mol. The maximum Gasteiger partial charge on any atom is 0.250 e. The van der Waals surface area contributed by atoms with Gasteiger partial charge < -0.3 is 9.41 Å². The van der Waals surface area contributed by atoms with Gasteiger partial charge in [0, 0.05) is 10.9 Å². The van der Waals surface area contributed by atoms with Crippen molar-refractivity contribution in [3.63, 3.8) is 0 Å². The topological polar surface area (TPSA) is 25.0 Å². The standard InChI is InChI=1S/C19H29NOSi/c1-5-9-14-19(21-22(6-2,7-3)8-4)18-15-16-12-10-11-13-17(16)20-18/h10-15,20H,5-9H2,1-4H3/b19-14-. The summed E-state index contributed by atoms with van der Waals surface area (Å²) in [6.07, 6.45) is 4.48. The van der Waals surface area contributed by atoms with Crippen LogP contribution in [0.1, 0.15) is 46.2 Å². The predicted molar refractivity (Wildman–Crippen MR) is 99.5 cm³/mol. The Morgan fingerprint density at radius 3 is 2.36 bits per heavy atom. The van der Waals surface area contributed by atoms with Crippen molar-refractivity contribution in [2.24, 2.45) is 0 Å². The number of benzene rings is 1. The maximum atomic E-state index is 6.67. The summed E-state index contributed by atoms with van der Waals surface area (Å²) in [5.74, 6) is 1.07. The Balaban J connectivity index is 2.37. The highest BCUT2D eigenvalue weighted by atomic mass is 28.4. The van der Waals surface area contributed by atoms with E-state index in [0.717, 1.165) is 24.3 Å². The van der Waals surface area contributed by atoms with Crippen LogP contribution >= 0.6 is 0 Å². The number of rotatable bonds is 8. The fourth-order valence-corrected chi connectivity index (χ4v) is 5.48. The first kappa shape index (κ1) is 16.9. The van der Waals surface area contributed by atoms with Gasteiger partial charge in [-0.2, -0.15) is 0 Å². The van der Waals surface area contributed by atoms with Gasteiger partial charge in [0.1, 0.15) is 5.76 Å². The molecule has 120 valence electrons. The maximum absolute atomic E-state index is 6.67. The molecule has 2 rings (SSSR count). The van der Waals surface area contributed by atoms with E-state index in [-0.39, 0.29) is 0 Å². The quantitative estimate of drug-likeness (QED) is 0.447. The number of nitrogens with one attached hydrogen (secondary N) is 1. The zero-order valence-corrected chi connectivity index (χ0v) is 15.4. The molecule has 0 amide bonds. The molecule has 0 saturated carbocycles. The van der Waals surface area contributed by atoms with Crippen LogP contribution in [0.2, 0.25) is 18.1 Å². The second-order valence-electron chi connectivity index (χ2n) is 5.97. The zero-order chi connectivity index (χ0) is 16.0. The predicted octanol–water partition coefficient (Wildman–Crippen LogP) is 6.33. The molecule has 0 aliphatic carbocycles. The molecule has 2 aromatic rings. The van der Waals surface area contributed by atoms with Crippen LogP contribution in [0.4, 0.5) is 0 Å². The van der Waals surface area contributed by atoms with Crippen LogP contribution in [0.5, 0.6) is 0 Å². The third-order valence-electron chi connectivity index (χ3n) is 4.67. The summed E-state index contributed by atoms with van der Waals surface area (Å²) >= 11 is 0. The molecule has 0 atom stereocenters. The lowest BCUT2D eigenvalue weighted by atomic mass is 10.2. The average Bonchev–Trinajstić information content (AvgIpc) is 3.00. The van der Waals surface area contributed by atoms with E-state index >= 15 is 0 Å². The third kappa shape index (κ3) is 3.64. The Morgan fingerprint density at radius 2 is 1.77 bits per heavy atom. The molecule has 0 fully saturated rings. The summed E-state index contributed by atoms with van der Waals surface area (Å²) < 4.78 is 6.67.